The predicted octanol–water partition coefficient (Wildman–Crippen LogP) is 4.46. The molecule has 2 heteroatoms. The molecule has 0 saturated carbocycles. The highest BCUT2D eigenvalue weighted by molar-refractivity contribution is 5.89. The fraction of sp³-hybridized carbons (Fsp3) is 0.250. The molecule has 0 bridgehead atoms. The zero-order valence-electron chi connectivity index (χ0n) is 12.8. The van der Waals surface area contributed by atoms with Crippen LogP contribution in [0.4, 0.5) is 0 Å². The summed E-state index contributed by atoms with van der Waals surface area (Å²) in [5.74, 6) is 1.12. The maximum absolute atomic E-state index is 11.7. The number of benzene rings is 2. The van der Waals surface area contributed by atoms with Crippen LogP contribution in [0.25, 0.3) is 0 Å². The fourth-order valence-electron chi connectivity index (χ4n) is 2.36. The third-order valence-corrected chi connectivity index (χ3v) is 3.63. The SMILES string of the molecule is C=CC(=O)CC(CCc1ccccc1)COc1ccccc1. The zero-order chi connectivity index (χ0) is 15.6. The fourth-order valence-corrected chi connectivity index (χ4v) is 2.36. The minimum absolute atomic E-state index is 0.0784. The maximum atomic E-state index is 11.7. The van der Waals surface area contributed by atoms with E-state index in [0.29, 0.717) is 13.0 Å². The van der Waals surface area contributed by atoms with E-state index in [2.05, 4.69) is 18.7 Å². The number of hydrogen-bond acceptors (Lipinski definition) is 2. The Morgan fingerprint density at radius 3 is 2.32 bits per heavy atom. The van der Waals surface area contributed by atoms with Crippen molar-refractivity contribution < 1.29 is 9.53 Å². The highest BCUT2D eigenvalue weighted by Gasteiger charge is 2.13. The summed E-state index contributed by atoms with van der Waals surface area (Å²) in [5.41, 5.74) is 1.29. The van der Waals surface area contributed by atoms with Gasteiger partial charge in [0.1, 0.15) is 5.75 Å². The Morgan fingerprint density at radius 1 is 1.05 bits per heavy atom. The van der Waals surface area contributed by atoms with Crippen molar-refractivity contribution in [1.29, 1.82) is 0 Å². The van der Waals surface area contributed by atoms with Crippen molar-refractivity contribution in [3.63, 3.8) is 0 Å². The van der Waals surface area contributed by atoms with Gasteiger partial charge < -0.3 is 4.74 Å². The lowest BCUT2D eigenvalue weighted by molar-refractivity contribution is -0.115. The Morgan fingerprint density at radius 2 is 1.68 bits per heavy atom. The molecule has 0 spiro atoms. The number of rotatable bonds is 9. The molecule has 0 heterocycles. The normalized spacial score (nSPS) is 11.6. The minimum Gasteiger partial charge on any atom is -0.493 e. The highest BCUT2D eigenvalue weighted by Crippen LogP contribution is 2.17. The first-order valence-electron chi connectivity index (χ1n) is 7.65. The van der Waals surface area contributed by atoms with Crippen molar-refractivity contribution in [2.75, 3.05) is 6.61 Å². The van der Waals surface area contributed by atoms with Gasteiger partial charge in [-0.25, -0.2) is 0 Å². The van der Waals surface area contributed by atoms with Gasteiger partial charge in [0.15, 0.2) is 5.78 Å². The number of para-hydroxylation sites is 1. The van der Waals surface area contributed by atoms with E-state index in [9.17, 15) is 4.79 Å². The molecule has 0 N–H and O–H groups in total. The quantitative estimate of drug-likeness (QED) is 0.638. The van der Waals surface area contributed by atoms with Gasteiger partial charge in [-0.3, -0.25) is 4.79 Å². The third kappa shape index (κ3) is 5.57. The number of ether oxygens (including phenoxy) is 1. The Labute approximate surface area is 132 Å². The van der Waals surface area contributed by atoms with E-state index in [1.807, 2.05) is 48.5 Å². The zero-order valence-corrected chi connectivity index (χ0v) is 12.8. The third-order valence-electron chi connectivity index (χ3n) is 3.63. The predicted molar refractivity (Wildman–Crippen MR) is 90.0 cm³/mol. The average Bonchev–Trinajstić information content (AvgIpc) is 2.59. The first-order valence-corrected chi connectivity index (χ1v) is 7.65. The molecule has 0 amide bonds. The summed E-state index contributed by atoms with van der Waals surface area (Å²) in [4.78, 5) is 11.7. The number of allylic oxidation sites excluding steroid dienone is 1. The molecule has 1 atom stereocenters. The van der Waals surface area contributed by atoms with Gasteiger partial charge in [0.05, 0.1) is 6.61 Å². The molecule has 1 unspecified atom stereocenters. The number of carbonyl (C=O) groups excluding carboxylic acids is 1. The summed E-state index contributed by atoms with van der Waals surface area (Å²) in [6.07, 6.45) is 3.77. The molecule has 0 aliphatic carbocycles. The second kappa shape index (κ2) is 8.83. The van der Waals surface area contributed by atoms with Gasteiger partial charge in [-0.15, -0.1) is 0 Å². The summed E-state index contributed by atoms with van der Waals surface area (Å²) >= 11 is 0. The van der Waals surface area contributed by atoms with Gasteiger partial charge in [-0.1, -0.05) is 55.1 Å². The monoisotopic (exact) mass is 294 g/mol. The van der Waals surface area contributed by atoms with Crippen LogP contribution in [0.2, 0.25) is 0 Å². The molecule has 2 aromatic rings. The number of aryl methyl sites for hydroxylation is 1. The standard InChI is InChI=1S/C20H22O2/c1-2-19(21)15-18(14-13-17-9-5-3-6-10-17)16-22-20-11-7-4-8-12-20/h2-12,18H,1,13-16H2. The highest BCUT2D eigenvalue weighted by atomic mass is 16.5. The van der Waals surface area contributed by atoms with Gasteiger partial charge in [0.2, 0.25) is 0 Å². The Bertz CT molecular complexity index is 532. The second-order valence-corrected chi connectivity index (χ2v) is 5.39. The molecular formula is C20H22O2. The van der Waals surface area contributed by atoms with Gasteiger partial charge >= 0.3 is 0 Å². The van der Waals surface area contributed by atoms with Gasteiger partial charge in [-0.2, -0.15) is 0 Å². The summed E-state index contributed by atoms with van der Waals surface area (Å²) < 4.78 is 5.82. The summed E-state index contributed by atoms with van der Waals surface area (Å²) in [6, 6.07) is 20.1. The van der Waals surface area contributed by atoms with E-state index in [-0.39, 0.29) is 11.7 Å². The molecule has 2 aromatic carbocycles. The molecule has 0 aliphatic heterocycles. The molecule has 2 rings (SSSR count). The van der Waals surface area contributed by atoms with Crippen LogP contribution in [0.1, 0.15) is 18.4 Å². The van der Waals surface area contributed by atoms with Crippen molar-refractivity contribution in [2.24, 2.45) is 5.92 Å². The first-order chi connectivity index (χ1) is 10.8. The molecule has 0 aromatic heterocycles. The van der Waals surface area contributed by atoms with Crippen molar-refractivity contribution in [1.82, 2.24) is 0 Å². The van der Waals surface area contributed by atoms with Crippen LogP contribution in [0.3, 0.4) is 0 Å². The molecule has 0 fully saturated rings. The van der Waals surface area contributed by atoms with Crippen LogP contribution in [0.15, 0.2) is 73.3 Å². The molecule has 114 valence electrons. The van der Waals surface area contributed by atoms with Gasteiger partial charge in [0, 0.05) is 12.3 Å². The topological polar surface area (TPSA) is 26.3 Å². The van der Waals surface area contributed by atoms with E-state index >= 15 is 0 Å². The Kier molecular flexibility index (Phi) is 6.43. The average molecular weight is 294 g/mol. The van der Waals surface area contributed by atoms with Crippen LogP contribution in [-0.2, 0) is 11.2 Å². The van der Waals surface area contributed by atoms with Crippen LogP contribution in [0.5, 0.6) is 5.75 Å². The van der Waals surface area contributed by atoms with Gasteiger partial charge in [-0.05, 0) is 36.6 Å². The molecule has 2 nitrogen and oxygen atoms in total. The number of hydrogen-bond donors (Lipinski definition) is 0. The lowest BCUT2D eigenvalue weighted by atomic mass is 9.95. The molecule has 0 saturated heterocycles. The molecule has 0 radical (unpaired) electrons. The summed E-state index contributed by atoms with van der Waals surface area (Å²) in [5, 5.41) is 0. The lowest BCUT2D eigenvalue weighted by Crippen LogP contribution is -2.16. The first kappa shape index (κ1) is 16.0. The molecule has 0 aliphatic rings. The number of ketones is 1. The minimum atomic E-state index is 0.0784. The van der Waals surface area contributed by atoms with Crippen molar-refractivity contribution >= 4 is 5.78 Å². The van der Waals surface area contributed by atoms with E-state index < -0.39 is 0 Å². The Balaban J connectivity index is 1.90. The lowest BCUT2D eigenvalue weighted by Gasteiger charge is -2.16. The summed E-state index contributed by atoms with van der Waals surface area (Å²) in [7, 11) is 0. The van der Waals surface area contributed by atoms with Crippen LogP contribution < -0.4 is 4.74 Å². The maximum Gasteiger partial charge on any atom is 0.155 e. The number of carbonyl (C=O) groups is 1. The van der Waals surface area contributed by atoms with E-state index in [1.54, 1.807) is 0 Å². The van der Waals surface area contributed by atoms with Crippen molar-refractivity contribution in [2.45, 2.75) is 19.3 Å². The second-order valence-electron chi connectivity index (χ2n) is 5.39. The van der Waals surface area contributed by atoms with Crippen molar-refractivity contribution in [3.05, 3.63) is 78.9 Å². The largest absolute Gasteiger partial charge is 0.493 e. The van der Waals surface area contributed by atoms with Crippen molar-refractivity contribution in [3.8, 4) is 5.75 Å². The van der Waals surface area contributed by atoms with E-state index in [0.717, 1.165) is 18.6 Å². The van der Waals surface area contributed by atoms with Crippen LogP contribution in [0, 0.1) is 5.92 Å². The molecular weight excluding hydrogens is 272 g/mol. The smallest absolute Gasteiger partial charge is 0.155 e. The van der Waals surface area contributed by atoms with Gasteiger partial charge in [0.25, 0.3) is 0 Å². The Hall–Kier alpha value is -2.35. The van der Waals surface area contributed by atoms with Crippen LogP contribution >= 0.6 is 0 Å². The van der Waals surface area contributed by atoms with E-state index in [1.165, 1.54) is 11.6 Å². The van der Waals surface area contributed by atoms with Crippen LogP contribution in [-0.4, -0.2) is 12.4 Å². The molecule has 22 heavy (non-hydrogen) atoms. The summed E-state index contributed by atoms with van der Waals surface area (Å²) in [6.45, 7) is 4.11. The van der Waals surface area contributed by atoms with E-state index in [4.69, 9.17) is 4.74 Å².